The molecule has 9 nitrogen and oxygen atoms in total. The molecule has 2 saturated heterocycles. The van der Waals surface area contributed by atoms with Crippen LogP contribution in [0.4, 0.5) is 10.5 Å². The van der Waals surface area contributed by atoms with Gasteiger partial charge in [0.05, 0.1) is 17.3 Å². The number of nitrogens with one attached hydrogen (secondary N) is 2. The number of carbonyl (C=O) groups excluding carboxylic acids is 3. The average Bonchev–Trinajstić information content (AvgIpc) is 3.48. The predicted molar refractivity (Wildman–Crippen MR) is 149 cm³/mol. The van der Waals surface area contributed by atoms with E-state index in [2.05, 4.69) is 42.1 Å². The normalized spacial score (nSPS) is 22.9. The van der Waals surface area contributed by atoms with Gasteiger partial charge in [0.1, 0.15) is 5.37 Å². The molecule has 2 aromatic rings. The summed E-state index contributed by atoms with van der Waals surface area (Å²) in [6.45, 7) is 9.03. The fourth-order valence-corrected chi connectivity index (χ4v) is 6.92. The second-order valence-electron chi connectivity index (χ2n) is 11.7. The Balaban J connectivity index is 1.17. The van der Waals surface area contributed by atoms with Gasteiger partial charge in [-0.15, -0.1) is 11.8 Å². The lowest BCUT2D eigenvalue weighted by Gasteiger charge is -2.38. The minimum atomic E-state index is -0.406. The number of aromatic nitrogens is 2. The van der Waals surface area contributed by atoms with Gasteiger partial charge in [-0.3, -0.25) is 9.59 Å². The smallest absolute Gasteiger partial charge is 0.322 e. The zero-order valence-corrected chi connectivity index (χ0v) is 23.3. The number of hydrogen-bond acceptors (Lipinski definition) is 5. The van der Waals surface area contributed by atoms with Crippen molar-refractivity contribution in [2.75, 3.05) is 31.5 Å². The Morgan fingerprint density at radius 1 is 1.13 bits per heavy atom. The number of amides is 4. The molecule has 10 heteroatoms. The van der Waals surface area contributed by atoms with Gasteiger partial charge in [-0.2, -0.15) is 0 Å². The molecule has 5 rings (SSSR count). The van der Waals surface area contributed by atoms with Crippen molar-refractivity contribution in [3.05, 3.63) is 48.0 Å². The molecule has 1 aromatic heterocycles. The first-order valence-electron chi connectivity index (χ1n) is 13.6. The van der Waals surface area contributed by atoms with Gasteiger partial charge in [0.2, 0.25) is 11.8 Å². The summed E-state index contributed by atoms with van der Waals surface area (Å²) in [5, 5.41) is 2.47. The summed E-state index contributed by atoms with van der Waals surface area (Å²) in [6.07, 6.45) is 6.85. The number of imidazole rings is 1. The summed E-state index contributed by atoms with van der Waals surface area (Å²) in [6, 6.07) is 7.98. The molecule has 0 spiro atoms. The lowest BCUT2D eigenvalue weighted by atomic mass is 9.92. The number of hydrogen-bond donors (Lipinski definition) is 2. The van der Waals surface area contributed by atoms with Crippen LogP contribution in [0.1, 0.15) is 63.1 Å². The van der Waals surface area contributed by atoms with Crippen LogP contribution in [0.15, 0.2) is 36.8 Å². The summed E-state index contributed by atoms with van der Waals surface area (Å²) in [7, 11) is 0. The third-order valence-electron chi connectivity index (χ3n) is 7.77. The van der Waals surface area contributed by atoms with E-state index < -0.39 is 5.25 Å². The topological polar surface area (TPSA) is 102 Å². The van der Waals surface area contributed by atoms with Crippen LogP contribution in [0.3, 0.4) is 0 Å². The highest BCUT2D eigenvalue weighted by Crippen LogP contribution is 2.44. The van der Waals surface area contributed by atoms with E-state index in [0.29, 0.717) is 26.2 Å². The molecule has 204 valence electrons. The van der Waals surface area contributed by atoms with Crippen molar-refractivity contribution in [2.24, 2.45) is 5.41 Å². The molecule has 38 heavy (non-hydrogen) atoms. The van der Waals surface area contributed by atoms with E-state index in [1.807, 2.05) is 39.1 Å². The number of fused-ring (bicyclic) bond motifs is 1. The Labute approximate surface area is 228 Å². The van der Waals surface area contributed by atoms with E-state index in [4.69, 9.17) is 0 Å². The van der Waals surface area contributed by atoms with Gasteiger partial charge in [0.25, 0.3) is 0 Å². The largest absolute Gasteiger partial charge is 0.351 e. The number of likely N-dealkylation sites (tertiary alicyclic amines) is 1. The van der Waals surface area contributed by atoms with Crippen LogP contribution < -0.4 is 5.32 Å². The van der Waals surface area contributed by atoms with Crippen LogP contribution >= 0.6 is 11.8 Å². The third kappa shape index (κ3) is 5.85. The van der Waals surface area contributed by atoms with Crippen molar-refractivity contribution in [3.8, 4) is 0 Å². The van der Waals surface area contributed by atoms with Crippen LogP contribution in [0.25, 0.3) is 0 Å². The molecular weight excluding hydrogens is 500 g/mol. The number of urea groups is 1. The van der Waals surface area contributed by atoms with Crippen molar-refractivity contribution in [1.29, 1.82) is 0 Å². The predicted octanol–water partition coefficient (Wildman–Crippen LogP) is 4.26. The molecule has 2 N–H and O–H groups in total. The number of carbonyl (C=O) groups is 3. The number of anilines is 1. The second-order valence-corrected chi connectivity index (χ2v) is 12.9. The maximum absolute atomic E-state index is 13.4. The number of H-pyrrole nitrogens is 1. The van der Waals surface area contributed by atoms with E-state index in [1.165, 1.54) is 11.8 Å². The zero-order valence-electron chi connectivity index (χ0n) is 22.5. The van der Waals surface area contributed by atoms with Crippen molar-refractivity contribution in [2.45, 2.75) is 69.5 Å². The minimum Gasteiger partial charge on any atom is -0.351 e. The molecule has 2 unspecified atom stereocenters. The average molecular weight is 539 g/mol. The molecule has 2 fully saturated rings. The molecule has 4 amide bonds. The number of thioether (sulfide) groups is 1. The quantitative estimate of drug-likeness (QED) is 0.572. The number of rotatable bonds is 6. The van der Waals surface area contributed by atoms with Gasteiger partial charge in [0, 0.05) is 50.5 Å². The van der Waals surface area contributed by atoms with Crippen molar-refractivity contribution in [1.82, 2.24) is 24.7 Å². The van der Waals surface area contributed by atoms with Crippen molar-refractivity contribution < 1.29 is 14.4 Å². The SMILES string of the molecule is CC(C)(C)CCN1C(=O)C(CC(=O)N2CCC(N3CCc4ccccc4NC3=O)CC2)SC1c1c[nH]cn1. The lowest BCUT2D eigenvalue weighted by molar-refractivity contribution is -0.137. The Kier molecular flexibility index (Phi) is 7.70. The van der Waals surface area contributed by atoms with Gasteiger partial charge in [-0.25, -0.2) is 9.78 Å². The Bertz CT molecular complexity index is 1160. The Morgan fingerprint density at radius 2 is 1.89 bits per heavy atom. The number of benzene rings is 1. The van der Waals surface area contributed by atoms with Gasteiger partial charge in [-0.1, -0.05) is 39.0 Å². The number of aromatic amines is 1. The molecule has 0 saturated carbocycles. The highest BCUT2D eigenvalue weighted by molar-refractivity contribution is 8.01. The van der Waals surface area contributed by atoms with Crippen LogP contribution in [0.2, 0.25) is 0 Å². The number of para-hydroxylation sites is 1. The molecule has 3 aliphatic rings. The van der Waals surface area contributed by atoms with E-state index in [1.54, 1.807) is 6.33 Å². The van der Waals surface area contributed by atoms with E-state index in [9.17, 15) is 14.4 Å². The zero-order chi connectivity index (χ0) is 26.9. The van der Waals surface area contributed by atoms with Crippen LogP contribution in [0, 0.1) is 5.41 Å². The van der Waals surface area contributed by atoms with Gasteiger partial charge in [0.15, 0.2) is 0 Å². The van der Waals surface area contributed by atoms with E-state index in [-0.39, 0.29) is 41.1 Å². The fraction of sp³-hybridized carbons (Fsp3) is 0.571. The van der Waals surface area contributed by atoms with Gasteiger partial charge >= 0.3 is 6.03 Å². The number of piperidine rings is 1. The minimum absolute atomic E-state index is 0.0143. The molecule has 0 radical (unpaired) electrons. The van der Waals surface area contributed by atoms with Gasteiger partial charge in [-0.05, 0) is 42.7 Å². The molecule has 3 aliphatic heterocycles. The summed E-state index contributed by atoms with van der Waals surface area (Å²) in [5.41, 5.74) is 2.97. The number of nitrogens with zero attached hydrogens (tertiary/aromatic N) is 4. The lowest BCUT2D eigenvalue weighted by Crippen LogP contribution is -2.50. The summed E-state index contributed by atoms with van der Waals surface area (Å²) < 4.78 is 0. The van der Waals surface area contributed by atoms with Crippen LogP contribution in [-0.2, 0) is 16.0 Å². The first kappa shape index (κ1) is 26.6. The van der Waals surface area contributed by atoms with E-state index in [0.717, 1.165) is 42.6 Å². The summed E-state index contributed by atoms with van der Waals surface area (Å²) in [4.78, 5) is 52.7. The van der Waals surface area contributed by atoms with Crippen molar-refractivity contribution >= 4 is 35.3 Å². The Morgan fingerprint density at radius 3 is 2.61 bits per heavy atom. The third-order valence-corrected chi connectivity index (χ3v) is 9.22. The summed E-state index contributed by atoms with van der Waals surface area (Å²) >= 11 is 1.53. The molecule has 1 aromatic carbocycles. The molecule has 0 bridgehead atoms. The monoisotopic (exact) mass is 538 g/mol. The highest BCUT2D eigenvalue weighted by Gasteiger charge is 2.43. The molecule has 2 atom stereocenters. The summed E-state index contributed by atoms with van der Waals surface area (Å²) in [5.74, 6) is 0.0387. The Hall–Kier alpha value is -3.01. The fourth-order valence-electron chi connectivity index (χ4n) is 5.50. The first-order chi connectivity index (χ1) is 18.2. The molecular formula is C28H38N6O3S. The van der Waals surface area contributed by atoms with E-state index >= 15 is 0 Å². The molecule has 0 aliphatic carbocycles. The maximum Gasteiger partial charge on any atom is 0.322 e. The van der Waals surface area contributed by atoms with Crippen molar-refractivity contribution in [3.63, 3.8) is 0 Å². The van der Waals surface area contributed by atoms with Crippen LogP contribution in [-0.4, -0.2) is 80.0 Å². The maximum atomic E-state index is 13.4. The van der Waals surface area contributed by atoms with Crippen LogP contribution in [0.5, 0.6) is 0 Å². The second kappa shape index (κ2) is 11.0. The first-order valence-corrected chi connectivity index (χ1v) is 14.5. The standard InChI is InChI=1S/C28H38N6O3S/c1-28(2,3)11-15-34-25(36)23(38-26(34)22-17-29-18-30-22)16-24(35)32-12-9-20(10-13-32)33-14-8-19-6-4-5-7-21(19)31-27(33)37/h4-7,17-18,20,23,26H,8-16H2,1-3H3,(H,29,30)(H,31,37). The highest BCUT2D eigenvalue weighted by atomic mass is 32.2. The molecule has 4 heterocycles. The van der Waals surface area contributed by atoms with Gasteiger partial charge < -0.3 is 25.0 Å².